The zero-order valence-corrected chi connectivity index (χ0v) is 7.36. The van der Waals surface area contributed by atoms with E-state index in [1.807, 2.05) is 0 Å². The maximum Gasteiger partial charge on any atom is 0.116 e. The van der Waals surface area contributed by atoms with E-state index in [0.717, 1.165) is 0 Å². The van der Waals surface area contributed by atoms with Crippen LogP contribution in [0.3, 0.4) is 0 Å². The Morgan fingerprint density at radius 1 is 1.07 bits per heavy atom. The van der Waals surface area contributed by atoms with E-state index in [1.54, 1.807) is 6.07 Å². The van der Waals surface area contributed by atoms with Gasteiger partial charge in [0.1, 0.15) is 20.0 Å². The summed E-state index contributed by atoms with van der Waals surface area (Å²) in [5.41, 5.74) is 0.285. The van der Waals surface area contributed by atoms with Crippen LogP contribution in [0.5, 0.6) is 0 Å². The van der Waals surface area contributed by atoms with Crippen LogP contribution < -0.4 is 0 Å². The summed E-state index contributed by atoms with van der Waals surface area (Å²) in [7, 11) is 0. The van der Waals surface area contributed by atoms with Gasteiger partial charge in [0.05, 0.1) is 11.6 Å². The van der Waals surface area contributed by atoms with Crippen molar-refractivity contribution >= 4 is 0 Å². The molecule has 0 heterocycles. The lowest BCUT2D eigenvalue weighted by Gasteiger charge is -2.06. The lowest BCUT2D eigenvalue weighted by atomic mass is 10.00. The van der Waals surface area contributed by atoms with Crippen molar-refractivity contribution in [2.45, 2.75) is 20.0 Å². The molecule has 0 amide bonds. The van der Waals surface area contributed by atoms with Crippen LogP contribution >= 0.6 is 0 Å². The SMILES string of the molecule is N#Cc1cc(CF)cc(CF)c1CF. The summed E-state index contributed by atoms with van der Waals surface area (Å²) in [5, 5.41) is 8.63. The summed E-state index contributed by atoms with van der Waals surface area (Å²) in [4.78, 5) is 0. The highest BCUT2D eigenvalue weighted by Crippen LogP contribution is 2.20. The molecule has 0 bridgehead atoms. The molecule has 0 fully saturated rings. The number of hydrogen-bond acceptors (Lipinski definition) is 1. The molecule has 0 aliphatic carbocycles. The van der Waals surface area contributed by atoms with Gasteiger partial charge in [-0.2, -0.15) is 5.26 Å². The minimum absolute atomic E-state index is 0.00954. The number of rotatable bonds is 3. The molecule has 0 radical (unpaired) electrons. The van der Waals surface area contributed by atoms with Crippen molar-refractivity contribution in [1.29, 1.82) is 5.26 Å². The standard InChI is InChI=1S/C10H8F3N/c11-3-7-1-8(4-12)10(5-13)9(2-7)6-14/h1-2H,3-5H2. The molecule has 14 heavy (non-hydrogen) atoms. The summed E-state index contributed by atoms with van der Waals surface area (Å²) in [5.74, 6) is 0. The molecular weight excluding hydrogens is 191 g/mol. The van der Waals surface area contributed by atoms with Crippen molar-refractivity contribution in [2.24, 2.45) is 0 Å². The van der Waals surface area contributed by atoms with E-state index in [0.29, 0.717) is 0 Å². The molecule has 0 aliphatic heterocycles. The Labute approximate surface area is 79.8 Å². The predicted molar refractivity (Wildman–Crippen MR) is 45.6 cm³/mol. The topological polar surface area (TPSA) is 23.8 Å². The Morgan fingerprint density at radius 3 is 2.21 bits per heavy atom. The van der Waals surface area contributed by atoms with Crippen molar-refractivity contribution in [3.63, 3.8) is 0 Å². The van der Waals surface area contributed by atoms with E-state index in [2.05, 4.69) is 0 Å². The van der Waals surface area contributed by atoms with E-state index in [1.165, 1.54) is 12.1 Å². The van der Waals surface area contributed by atoms with Crippen LogP contribution in [0.2, 0.25) is 0 Å². The van der Waals surface area contributed by atoms with Gasteiger partial charge in [-0.3, -0.25) is 0 Å². The zero-order chi connectivity index (χ0) is 10.6. The highest BCUT2D eigenvalue weighted by atomic mass is 19.1. The highest BCUT2D eigenvalue weighted by Gasteiger charge is 2.10. The second-order valence-electron chi connectivity index (χ2n) is 2.79. The molecule has 0 spiro atoms. The summed E-state index contributed by atoms with van der Waals surface area (Å²) in [6.07, 6.45) is 0. The van der Waals surface area contributed by atoms with Gasteiger partial charge in [-0.1, -0.05) is 6.07 Å². The predicted octanol–water partition coefficient (Wildman–Crippen LogP) is 2.97. The quantitative estimate of drug-likeness (QED) is 0.734. The van der Waals surface area contributed by atoms with Crippen LogP contribution in [0.1, 0.15) is 22.3 Å². The summed E-state index contributed by atoms with van der Waals surface area (Å²) in [6.45, 7) is -2.58. The first-order valence-corrected chi connectivity index (χ1v) is 3.99. The molecule has 0 saturated carbocycles. The highest BCUT2D eigenvalue weighted by molar-refractivity contribution is 5.45. The van der Waals surface area contributed by atoms with Gasteiger partial charge in [0.25, 0.3) is 0 Å². The molecule has 0 unspecified atom stereocenters. The molecule has 0 aromatic heterocycles. The fourth-order valence-corrected chi connectivity index (χ4v) is 1.25. The van der Waals surface area contributed by atoms with Gasteiger partial charge in [0.2, 0.25) is 0 Å². The van der Waals surface area contributed by atoms with Gasteiger partial charge >= 0.3 is 0 Å². The van der Waals surface area contributed by atoms with Crippen LogP contribution in [-0.4, -0.2) is 0 Å². The van der Waals surface area contributed by atoms with Gasteiger partial charge in [-0.25, -0.2) is 13.2 Å². The minimum atomic E-state index is -0.908. The molecule has 1 aromatic carbocycles. The van der Waals surface area contributed by atoms with E-state index >= 15 is 0 Å². The van der Waals surface area contributed by atoms with Gasteiger partial charge in [0.15, 0.2) is 0 Å². The monoisotopic (exact) mass is 199 g/mol. The molecule has 1 nitrogen and oxygen atoms in total. The minimum Gasteiger partial charge on any atom is -0.246 e. The Kier molecular flexibility index (Phi) is 3.52. The van der Waals surface area contributed by atoms with Crippen molar-refractivity contribution in [3.05, 3.63) is 34.4 Å². The third-order valence-electron chi connectivity index (χ3n) is 1.95. The number of benzene rings is 1. The number of alkyl halides is 3. The second kappa shape index (κ2) is 4.66. The van der Waals surface area contributed by atoms with Crippen LogP contribution in [0.25, 0.3) is 0 Å². The molecular formula is C10H8F3N. The first-order chi connectivity index (χ1) is 6.76. The normalized spacial score (nSPS) is 9.86. The average Bonchev–Trinajstić information content (AvgIpc) is 2.26. The molecule has 0 saturated heterocycles. The maximum absolute atomic E-state index is 12.4. The fraction of sp³-hybridized carbons (Fsp3) is 0.300. The Balaban J connectivity index is 3.34. The number of nitriles is 1. The first kappa shape index (κ1) is 10.6. The first-order valence-electron chi connectivity index (χ1n) is 3.99. The number of halogens is 3. The van der Waals surface area contributed by atoms with E-state index in [4.69, 9.17) is 5.26 Å². The number of hydrogen-bond donors (Lipinski definition) is 0. The molecule has 1 aromatic rings. The van der Waals surface area contributed by atoms with Gasteiger partial charge in [-0.15, -0.1) is 0 Å². The number of nitrogens with zero attached hydrogens (tertiary/aromatic N) is 1. The average molecular weight is 199 g/mol. The summed E-state index contributed by atoms with van der Waals surface area (Å²) >= 11 is 0. The molecule has 0 aliphatic rings. The van der Waals surface area contributed by atoms with Crippen LogP contribution in [0.4, 0.5) is 13.2 Å². The molecule has 0 atom stereocenters. The van der Waals surface area contributed by atoms with Crippen LogP contribution in [0.15, 0.2) is 12.1 Å². The van der Waals surface area contributed by atoms with Crippen LogP contribution in [-0.2, 0) is 20.0 Å². The largest absolute Gasteiger partial charge is 0.246 e. The third-order valence-corrected chi connectivity index (χ3v) is 1.95. The van der Waals surface area contributed by atoms with E-state index in [9.17, 15) is 13.2 Å². The van der Waals surface area contributed by atoms with Crippen molar-refractivity contribution in [1.82, 2.24) is 0 Å². The van der Waals surface area contributed by atoms with Gasteiger partial charge in [0, 0.05) is 5.56 Å². The zero-order valence-electron chi connectivity index (χ0n) is 7.36. The molecule has 4 heteroatoms. The fourth-order valence-electron chi connectivity index (χ4n) is 1.25. The Hall–Kier alpha value is -1.50. The summed E-state index contributed by atoms with van der Waals surface area (Å²) in [6, 6.07) is 4.21. The lowest BCUT2D eigenvalue weighted by Crippen LogP contribution is -1.97. The van der Waals surface area contributed by atoms with Crippen LogP contribution in [0, 0.1) is 11.3 Å². The molecule has 1 rings (SSSR count). The molecule has 74 valence electrons. The van der Waals surface area contributed by atoms with Gasteiger partial charge in [-0.05, 0) is 17.2 Å². The van der Waals surface area contributed by atoms with E-state index < -0.39 is 20.0 Å². The van der Waals surface area contributed by atoms with Crippen molar-refractivity contribution in [2.75, 3.05) is 0 Å². The summed E-state index contributed by atoms with van der Waals surface area (Å²) < 4.78 is 37.1. The second-order valence-corrected chi connectivity index (χ2v) is 2.79. The van der Waals surface area contributed by atoms with E-state index in [-0.39, 0.29) is 22.3 Å². The molecule has 0 N–H and O–H groups in total. The third kappa shape index (κ3) is 1.87. The Bertz CT molecular complexity index is 368. The van der Waals surface area contributed by atoms with Gasteiger partial charge < -0.3 is 0 Å². The smallest absolute Gasteiger partial charge is 0.116 e. The van der Waals surface area contributed by atoms with Crippen molar-refractivity contribution < 1.29 is 13.2 Å². The van der Waals surface area contributed by atoms with Crippen molar-refractivity contribution in [3.8, 4) is 6.07 Å². The lowest BCUT2D eigenvalue weighted by molar-refractivity contribution is 0.450. The Morgan fingerprint density at radius 2 is 1.79 bits per heavy atom. The maximum atomic E-state index is 12.4.